The fourth-order valence-corrected chi connectivity index (χ4v) is 4.74. The van der Waals surface area contributed by atoms with E-state index in [1.54, 1.807) is 6.08 Å². The Hall–Kier alpha value is -1.80. The fraction of sp³-hybridized carbons (Fsp3) is 0.636. The summed E-state index contributed by atoms with van der Waals surface area (Å²) in [4.78, 5) is 26.6. The largest absolute Gasteiger partial charge is 0.465 e. The number of rotatable bonds is 11. The average Bonchev–Trinajstić information content (AvgIpc) is 3.17. The number of ether oxygens (including phenoxy) is 1. The quantitative estimate of drug-likeness (QED) is 0.310. The smallest absolute Gasteiger partial charge is 0.348 e. The van der Waals surface area contributed by atoms with Crippen LogP contribution in [0.3, 0.4) is 0 Å². The maximum absolute atomic E-state index is 14.0. The third-order valence-electron chi connectivity index (χ3n) is 5.26. The van der Waals surface area contributed by atoms with Crippen molar-refractivity contribution in [3.63, 3.8) is 0 Å². The first-order valence-corrected chi connectivity index (χ1v) is 11.2. The van der Waals surface area contributed by atoms with Crippen molar-refractivity contribution in [1.29, 1.82) is 0 Å². The number of alkyl halides is 2. The minimum atomic E-state index is -3.38. The predicted molar refractivity (Wildman–Crippen MR) is 113 cm³/mol. The summed E-state index contributed by atoms with van der Waals surface area (Å²) in [5.41, 5.74) is 0.823. The molecule has 8 heteroatoms. The second kappa shape index (κ2) is 11.0. The van der Waals surface area contributed by atoms with E-state index in [0.717, 1.165) is 29.7 Å². The summed E-state index contributed by atoms with van der Waals surface area (Å²) in [5, 5.41) is 10.0. The van der Waals surface area contributed by atoms with E-state index in [-0.39, 0.29) is 12.5 Å². The summed E-state index contributed by atoms with van der Waals surface area (Å²) in [6, 6.07) is 1.17. The molecule has 1 fully saturated rings. The molecule has 30 heavy (non-hydrogen) atoms. The molecule has 1 aliphatic heterocycles. The van der Waals surface area contributed by atoms with Crippen LogP contribution in [0.1, 0.15) is 65.6 Å². The van der Waals surface area contributed by atoms with Gasteiger partial charge in [0.05, 0.1) is 19.3 Å². The highest BCUT2D eigenvalue weighted by Gasteiger charge is 2.52. The van der Waals surface area contributed by atoms with Crippen molar-refractivity contribution < 1.29 is 28.2 Å². The molecule has 0 saturated carbocycles. The molecule has 0 unspecified atom stereocenters. The molecular formula is C22H31F2NO4S. The van der Waals surface area contributed by atoms with E-state index in [2.05, 4.69) is 6.92 Å². The Kier molecular flexibility index (Phi) is 8.97. The second-order valence-electron chi connectivity index (χ2n) is 7.74. The van der Waals surface area contributed by atoms with Gasteiger partial charge in [0.2, 0.25) is 0 Å². The number of likely N-dealkylation sites (tertiary alicyclic amines) is 1. The highest BCUT2D eigenvalue weighted by Crippen LogP contribution is 2.34. The number of thiophene rings is 1. The topological polar surface area (TPSA) is 66.8 Å². The molecule has 1 saturated heterocycles. The first kappa shape index (κ1) is 24.5. The molecule has 0 bridgehead atoms. The summed E-state index contributed by atoms with van der Waals surface area (Å²) in [6.07, 6.45) is 6.42. The molecule has 0 aliphatic carbocycles. The zero-order chi connectivity index (χ0) is 22.3. The van der Waals surface area contributed by atoms with Gasteiger partial charge in [-0.3, -0.25) is 4.79 Å². The fourth-order valence-electron chi connectivity index (χ4n) is 3.61. The van der Waals surface area contributed by atoms with Gasteiger partial charge in [0.1, 0.15) is 4.88 Å². The highest BCUT2D eigenvalue weighted by atomic mass is 32.1. The number of aliphatic hydroxyl groups is 1. The first-order valence-electron chi connectivity index (χ1n) is 10.4. The van der Waals surface area contributed by atoms with Crippen molar-refractivity contribution >= 4 is 23.2 Å². The van der Waals surface area contributed by atoms with Gasteiger partial charge in [0, 0.05) is 17.8 Å². The number of amides is 1. The van der Waals surface area contributed by atoms with Crippen LogP contribution in [0.25, 0.3) is 0 Å². The molecule has 2 rings (SSSR count). The van der Waals surface area contributed by atoms with E-state index in [4.69, 9.17) is 4.74 Å². The Balaban J connectivity index is 1.96. The van der Waals surface area contributed by atoms with E-state index in [1.807, 2.05) is 13.0 Å². The molecule has 0 aromatic carbocycles. The van der Waals surface area contributed by atoms with Crippen LogP contribution in [-0.4, -0.2) is 53.6 Å². The molecule has 1 aromatic rings. The number of aliphatic hydroxyl groups excluding tert-OH is 1. The van der Waals surface area contributed by atoms with Crippen LogP contribution in [0, 0.1) is 6.92 Å². The monoisotopic (exact) mass is 443 g/mol. The summed E-state index contributed by atoms with van der Waals surface area (Å²) in [7, 11) is 1.33. The van der Waals surface area contributed by atoms with Gasteiger partial charge in [-0.1, -0.05) is 38.3 Å². The van der Waals surface area contributed by atoms with Crippen LogP contribution in [0.4, 0.5) is 8.78 Å². The van der Waals surface area contributed by atoms with Gasteiger partial charge in [0.15, 0.2) is 0 Å². The number of carbonyl (C=O) groups is 2. The van der Waals surface area contributed by atoms with Crippen LogP contribution >= 0.6 is 11.3 Å². The Labute approximate surface area is 180 Å². The number of methoxy groups -OCH3 is 1. The first-order chi connectivity index (χ1) is 14.2. The van der Waals surface area contributed by atoms with Crippen LogP contribution < -0.4 is 0 Å². The van der Waals surface area contributed by atoms with E-state index in [9.17, 15) is 23.5 Å². The van der Waals surface area contributed by atoms with Gasteiger partial charge in [0.25, 0.3) is 5.91 Å². The lowest BCUT2D eigenvalue weighted by Crippen LogP contribution is -2.36. The molecular weight excluding hydrogens is 412 g/mol. The number of carbonyl (C=O) groups excluding carboxylic acids is 2. The Morgan fingerprint density at radius 1 is 1.43 bits per heavy atom. The molecule has 0 spiro atoms. The molecule has 1 amide bonds. The standard InChI is InChI=1S/C22H31F2NO4S/c1-4-5-6-8-17(26)11-10-16-14-22(23,24)21(28)25(16)12-7-9-18-13-15(2)19(30-18)20(27)29-3/h10-11,13,16-17,26H,4-9,12,14H2,1-3H3/b11-10+/t16-,17+/m0/s1. The maximum atomic E-state index is 14.0. The average molecular weight is 444 g/mol. The Morgan fingerprint density at radius 2 is 2.17 bits per heavy atom. The summed E-state index contributed by atoms with van der Waals surface area (Å²) >= 11 is 1.33. The number of halogens is 2. The van der Waals surface area contributed by atoms with Gasteiger partial charge in [-0.15, -0.1) is 11.3 Å². The van der Waals surface area contributed by atoms with Gasteiger partial charge in [-0.2, -0.15) is 8.78 Å². The Bertz CT molecular complexity index is 762. The molecule has 1 aliphatic rings. The van der Waals surface area contributed by atoms with Gasteiger partial charge in [-0.25, -0.2) is 4.79 Å². The molecule has 1 aromatic heterocycles. The lowest BCUT2D eigenvalue weighted by atomic mass is 10.1. The summed E-state index contributed by atoms with van der Waals surface area (Å²) in [5.74, 6) is -4.92. The Morgan fingerprint density at radius 3 is 2.83 bits per heavy atom. The second-order valence-corrected chi connectivity index (χ2v) is 8.88. The normalized spacial score (nSPS) is 19.6. The number of nitrogens with zero attached hydrogens (tertiary/aromatic N) is 1. The van der Waals surface area contributed by atoms with E-state index in [1.165, 1.54) is 29.4 Å². The maximum Gasteiger partial charge on any atom is 0.348 e. The van der Waals surface area contributed by atoms with Crippen molar-refractivity contribution in [2.45, 2.75) is 76.9 Å². The predicted octanol–water partition coefficient (Wildman–Crippen LogP) is 4.51. The number of unbranched alkanes of at least 4 members (excludes halogenated alkanes) is 2. The number of hydrogen-bond acceptors (Lipinski definition) is 5. The lowest BCUT2D eigenvalue weighted by Gasteiger charge is -2.22. The lowest BCUT2D eigenvalue weighted by molar-refractivity contribution is -0.148. The summed E-state index contributed by atoms with van der Waals surface area (Å²) < 4.78 is 32.8. The SMILES string of the molecule is CCCCC[C@@H](O)/C=C/[C@H]1CC(F)(F)C(=O)N1CCCc1cc(C)c(C(=O)OC)s1. The van der Waals surface area contributed by atoms with Crippen LogP contribution in [0.2, 0.25) is 0 Å². The van der Waals surface area contributed by atoms with Crippen LogP contribution in [0.5, 0.6) is 0 Å². The van der Waals surface area contributed by atoms with E-state index < -0.39 is 30.4 Å². The summed E-state index contributed by atoms with van der Waals surface area (Å²) in [6.45, 7) is 4.09. The van der Waals surface area contributed by atoms with Gasteiger partial charge in [-0.05, 0) is 37.8 Å². The molecule has 2 atom stereocenters. The molecule has 2 heterocycles. The molecule has 168 valence electrons. The minimum Gasteiger partial charge on any atom is -0.465 e. The molecule has 5 nitrogen and oxygen atoms in total. The van der Waals surface area contributed by atoms with Crippen LogP contribution in [0.15, 0.2) is 18.2 Å². The minimum absolute atomic E-state index is 0.194. The van der Waals surface area contributed by atoms with Crippen molar-refractivity contribution in [2.75, 3.05) is 13.7 Å². The third-order valence-corrected chi connectivity index (χ3v) is 6.54. The van der Waals surface area contributed by atoms with Crippen molar-refractivity contribution in [3.8, 4) is 0 Å². The van der Waals surface area contributed by atoms with Crippen molar-refractivity contribution in [3.05, 3.63) is 33.5 Å². The number of aryl methyl sites for hydroxylation is 2. The van der Waals surface area contributed by atoms with Crippen molar-refractivity contribution in [2.24, 2.45) is 0 Å². The van der Waals surface area contributed by atoms with Crippen molar-refractivity contribution in [1.82, 2.24) is 4.90 Å². The number of esters is 1. The van der Waals surface area contributed by atoms with Crippen LogP contribution in [-0.2, 0) is 16.0 Å². The third kappa shape index (κ3) is 6.35. The number of hydrogen-bond donors (Lipinski definition) is 1. The zero-order valence-corrected chi connectivity index (χ0v) is 18.6. The molecule has 0 radical (unpaired) electrons. The van der Waals surface area contributed by atoms with Gasteiger partial charge < -0.3 is 14.7 Å². The molecule has 1 N–H and O–H groups in total. The van der Waals surface area contributed by atoms with E-state index in [0.29, 0.717) is 24.1 Å². The zero-order valence-electron chi connectivity index (χ0n) is 17.8. The van der Waals surface area contributed by atoms with E-state index >= 15 is 0 Å². The highest BCUT2D eigenvalue weighted by molar-refractivity contribution is 7.14. The van der Waals surface area contributed by atoms with Gasteiger partial charge >= 0.3 is 11.9 Å².